The minimum absolute atomic E-state index is 0.0552. The molecule has 2 heterocycles. The van der Waals surface area contributed by atoms with E-state index in [1.54, 1.807) is 30.3 Å². The molecule has 1 saturated heterocycles. The van der Waals surface area contributed by atoms with Crippen LogP contribution in [-0.4, -0.2) is 53.0 Å². The lowest BCUT2D eigenvalue weighted by Crippen LogP contribution is -2.72. The summed E-state index contributed by atoms with van der Waals surface area (Å²) in [7, 11) is 1.15. The number of carbonyl (C=O) groups is 4. The van der Waals surface area contributed by atoms with Crippen molar-refractivity contribution in [2.45, 2.75) is 31.0 Å². The third kappa shape index (κ3) is 3.17. The van der Waals surface area contributed by atoms with E-state index in [2.05, 4.69) is 10.1 Å². The number of carboxylic acid groups (broad SMARTS) is 1. The van der Waals surface area contributed by atoms with Crippen LogP contribution < -0.4 is 11.1 Å². The van der Waals surface area contributed by atoms with Gasteiger partial charge in [-0.3, -0.25) is 14.5 Å². The largest absolute Gasteiger partial charge is 0.477 e. The van der Waals surface area contributed by atoms with Crippen molar-refractivity contribution in [3.63, 3.8) is 0 Å². The van der Waals surface area contributed by atoms with Gasteiger partial charge in [-0.05, 0) is 18.4 Å². The number of hydrogen-bond donors (Lipinski definition) is 3. The van der Waals surface area contributed by atoms with Crippen molar-refractivity contribution in [1.29, 1.82) is 0 Å². The Kier molecular flexibility index (Phi) is 4.95. The van der Waals surface area contributed by atoms with Crippen molar-refractivity contribution in [2.24, 2.45) is 5.73 Å². The highest BCUT2D eigenvalue weighted by molar-refractivity contribution is 6.06. The summed E-state index contributed by atoms with van der Waals surface area (Å²) in [4.78, 5) is 49.3. The van der Waals surface area contributed by atoms with Crippen molar-refractivity contribution in [3.05, 3.63) is 47.2 Å². The minimum Gasteiger partial charge on any atom is -0.477 e. The molecule has 1 aromatic carbocycles. The fourth-order valence-corrected chi connectivity index (χ4v) is 3.44. The minimum atomic E-state index is -1.39. The highest BCUT2D eigenvalue weighted by atomic mass is 16.5. The first-order chi connectivity index (χ1) is 12.9. The van der Waals surface area contributed by atoms with Crippen molar-refractivity contribution < 1.29 is 29.0 Å². The van der Waals surface area contributed by atoms with Crippen LogP contribution in [0.1, 0.15) is 24.4 Å². The standard InChI is InChI=1S/C18H19N3O6/c1-27-18(26)10-7-8-11-13(16(23)21(11)14(10)17(24)25)20-15(22)12(19)9-5-3-2-4-6-9/h2-6,11-13H,7-8,19H2,1H3,(H,20,22)(H,24,25)/t11-,12?,13+/m1/s1. The quantitative estimate of drug-likeness (QED) is 0.475. The molecule has 2 aliphatic heterocycles. The number of nitrogens with one attached hydrogen (secondary N) is 1. The average Bonchev–Trinajstić information content (AvgIpc) is 2.69. The van der Waals surface area contributed by atoms with Crippen molar-refractivity contribution in [1.82, 2.24) is 10.2 Å². The van der Waals surface area contributed by atoms with Gasteiger partial charge in [-0.2, -0.15) is 0 Å². The number of nitrogens with two attached hydrogens (primary N) is 1. The number of hydrogen-bond acceptors (Lipinski definition) is 6. The third-order valence-corrected chi connectivity index (χ3v) is 4.81. The van der Waals surface area contributed by atoms with Crippen LogP contribution in [-0.2, 0) is 23.9 Å². The summed E-state index contributed by atoms with van der Waals surface area (Å²) < 4.78 is 4.60. The number of carbonyl (C=O) groups excluding carboxylic acids is 3. The summed E-state index contributed by atoms with van der Waals surface area (Å²) in [5, 5.41) is 12.0. The van der Waals surface area contributed by atoms with Gasteiger partial charge >= 0.3 is 11.9 Å². The molecule has 0 spiro atoms. The van der Waals surface area contributed by atoms with Crippen LogP contribution in [0.5, 0.6) is 0 Å². The van der Waals surface area contributed by atoms with Crippen LogP contribution in [0.3, 0.4) is 0 Å². The molecule has 9 nitrogen and oxygen atoms in total. The SMILES string of the molecule is COC(=O)C1=C(C(=O)O)N2C(=O)[C@@H](NC(=O)C(N)c3ccccc3)[C@H]2CC1. The smallest absolute Gasteiger partial charge is 0.353 e. The molecule has 0 saturated carbocycles. The molecule has 0 aliphatic carbocycles. The van der Waals surface area contributed by atoms with Gasteiger partial charge in [-0.15, -0.1) is 0 Å². The van der Waals surface area contributed by atoms with Crippen LogP contribution in [0.15, 0.2) is 41.6 Å². The van der Waals surface area contributed by atoms with E-state index >= 15 is 0 Å². The van der Waals surface area contributed by atoms with Gasteiger partial charge in [0.05, 0.1) is 18.7 Å². The molecule has 0 aromatic heterocycles. The highest BCUT2D eigenvalue weighted by Crippen LogP contribution is 2.37. The van der Waals surface area contributed by atoms with Gasteiger partial charge in [0, 0.05) is 0 Å². The molecule has 4 N–H and O–H groups in total. The van der Waals surface area contributed by atoms with E-state index in [4.69, 9.17) is 5.73 Å². The molecule has 2 aliphatic rings. The Labute approximate surface area is 154 Å². The molecule has 1 unspecified atom stereocenters. The van der Waals surface area contributed by atoms with E-state index in [1.807, 2.05) is 0 Å². The van der Waals surface area contributed by atoms with E-state index in [1.165, 1.54) is 0 Å². The van der Waals surface area contributed by atoms with Crippen molar-refractivity contribution in [2.75, 3.05) is 7.11 Å². The van der Waals surface area contributed by atoms with Gasteiger partial charge in [-0.1, -0.05) is 30.3 Å². The summed E-state index contributed by atoms with van der Waals surface area (Å²) in [6.07, 6.45) is 0.471. The van der Waals surface area contributed by atoms with Gasteiger partial charge < -0.3 is 20.9 Å². The van der Waals surface area contributed by atoms with Gasteiger partial charge in [0.2, 0.25) is 5.91 Å². The van der Waals surface area contributed by atoms with Crippen LogP contribution in [0, 0.1) is 0 Å². The average molecular weight is 373 g/mol. The monoisotopic (exact) mass is 373 g/mol. The number of amides is 2. The normalized spacial score (nSPS) is 22.4. The van der Waals surface area contributed by atoms with E-state index < -0.39 is 41.9 Å². The maximum Gasteiger partial charge on any atom is 0.353 e. The number of methoxy groups -OCH3 is 1. The lowest BCUT2D eigenvalue weighted by molar-refractivity contribution is -0.157. The molecule has 142 valence electrons. The topological polar surface area (TPSA) is 139 Å². The first-order valence-electron chi connectivity index (χ1n) is 8.35. The molecule has 0 radical (unpaired) electrons. The van der Waals surface area contributed by atoms with Crippen LogP contribution >= 0.6 is 0 Å². The third-order valence-electron chi connectivity index (χ3n) is 4.81. The van der Waals surface area contributed by atoms with E-state index in [-0.39, 0.29) is 17.7 Å². The second-order valence-electron chi connectivity index (χ2n) is 6.31. The highest BCUT2D eigenvalue weighted by Gasteiger charge is 2.54. The Morgan fingerprint density at radius 2 is 1.96 bits per heavy atom. The molecule has 2 amide bonds. The number of ether oxygens (including phenoxy) is 1. The molecular formula is C18H19N3O6. The predicted octanol–water partition coefficient (Wildman–Crippen LogP) is -0.312. The Bertz CT molecular complexity index is 835. The maximum atomic E-state index is 12.5. The second-order valence-corrected chi connectivity index (χ2v) is 6.31. The zero-order valence-corrected chi connectivity index (χ0v) is 14.5. The Morgan fingerprint density at radius 3 is 2.56 bits per heavy atom. The number of β-lactam (4-membered cyclic amide) rings is 1. The number of nitrogens with zero attached hydrogens (tertiary/aromatic N) is 1. The fourth-order valence-electron chi connectivity index (χ4n) is 3.44. The molecule has 1 aromatic rings. The Hall–Kier alpha value is -3.20. The lowest BCUT2D eigenvalue weighted by Gasteiger charge is -2.50. The molecule has 3 rings (SSSR count). The van der Waals surface area contributed by atoms with Crippen LogP contribution in [0.4, 0.5) is 0 Å². The van der Waals surface area contributed by atoms with Crippen molar-refractivity contribution in [3.8, 4) is 0 Å². The first-order valence-corrected chi connectivity index (χ1v) is 8.35. The van der Waals surface area contributed by atoms with E-state index in [0.29, 0.717) is 12.0 Å². The molecular weight excluding hydrogens is 354 g/mol. The number of esters is 1. The number of benzene rings is 1. The zero-order valence-electron chi connectivity index (χ0n) is 14.5. The van der Waals surface area contributed by atoms with E-state index in [9.17, 15) is 24.3 Å². The maximum absolute atomic E-state index is 12.5. The van der Waals surface area contributed by atoms with E-state index in [0.717, 1.165) is 12.0 Å². The number of rotatable bonds is 5. The Balaban J connectivity index is 1.76. The Morgan fingerprint density at radius 1 is 1.30 bits per heavy atom. The summed E-state index contributed by atoms with van der Waals surface area (Å²) in [5.41, 5.74) is 6.09. The zero-order chi connectivity index (χ0) is 19.7. The summed E-state index contributed by atoms with van der Waals surface area (Å²) >= 11 is 0. The molecule has 3 atom stereocenters. The van der Waals surface area contributed by atoms with Crippen LogP contribution in [0.25, 0.3) is 0 Å². The van der Waals surface area contributed by atoms with Crippen LogP contribution in [0.2, 0.25) is 0 Å². The van der Waals surface area contributed by atoms with Gasteiger partial charge in [0.1, 0.15) is 17.8 Å². The van der Waals surface area contributed by atoms with Gasteiger partial charge in [0.25, 0.3) is 5.91 Å². The van der Waals surface area contributed by atoms with Gasteiger partial charge in [0.15, 0.2) is 0 Å². The fraction of sp³-hybridized carbons (Fsp3) is 0.333. The second kappa shape index (κ2) is 7.20. The predicted molar refractivity (Wildman–Crippen MR) is 91.8 cm³/mol. The lowest BCUT2D eigenvalue weighted by atomic mass is 9.83. The molecule has 27 heavy (non-hydrogen) atoms. The first kappa shape index (κ1) is 18.6. The van der Waals surface area contributed by atoms with Gasteiger partial charge in [-0.25, -0.2) is 9.59 Å². The molecule has 0 bridgehead atoms. The summed E-state index contributed by atoms with van der Waals surface area (Å²) in [5.74, 6) is -3.29. The molecule has 1 fully saturated rings. The summed E-state index contributed by atoms with van der Waals surface area (Å²) in [6, 6.07) is 6.33. The number of fused-ring (bicyclic) bond motifs is 1. The molecule has 9 heteroatoms. The summed E-state index contributed by atoms with van der Waals surface area (Å²) in [6.45, 7) is 0. The number of carboxylic acids is 1. The number of aliphatic carboxylic acids is 1. The van der Waals surface area contributed by atoms with Crippen molar-refractivity contribution >= 4 is 23.8 Å².